The molecule has 2 rings (SSSR count). The lowest BCUT2D eigenvalue weighted by Crippen LogP contribution is -2.04. The molecule has 1 heterocycles. The van der Waals surface area contributed by atoms with Crippen molar-refractivity contribution in [3.8, 4) is 11.6 Å². The second-order valence-corrected chi connectivity index (χ2v) is 4.67. The summed E-state index contributed by atoms with van der Waals surface area (Å²) in [5.41, 5.74) is 2.88. The maximum Gasteiger partial charge on any atom is 0.212 e. The number of nitrogens with zero attached hydrogens (tertiary/aromatic N) is 1. The highest BCUT2D eigenvalue weighted by atomic mass is 16.5. The van der Waals surface area contributed by atoms with E-state index in [0.717, 1.165) is 22.4 Å². The summed E-state index contributed by atoms with van der Waals surface area (Å²) >= 11 is 0. The van der Waals surface area contributed by atoms with Crippen molar-refractivity contribution in [3.05, 3.63) is 53.2 Å². The highest BCUT2D eigenvalue weighted by Crippen LogP contribution is 2.26. The second kappa shape index (κ2) is 6.39. The van der Waals surface area contributed by atoms with Gasteiger partial charge in [0.05, 0.1) is 20.3 Å². The summed E-state index contributed by atoms with van der Waals surface area (Å²) in [6.45, 7) is 2.02. The Balaban J connectivity index is 2.17. The van der Waals surface area contributed by atoms with Crippen molar-refractivity contribution in [2.24, 2.45) is 0 Å². The van der Waals surface area contributed by atoms with Gasteiger partial charge in [0.25, 0.3) is 0 Å². The standard InChI is InChI=1S/C16H19NO3/c1-11-4-6-15(19-2)13(8-11)9-14(18)12-5-7-16(20-3)17-10-12/h4-8,10,14,18H,9H2,1-3H3. The first kappa shape index (κ1) is 14.3. The van der Waals surface area contributed by atoms with E-state index in [4.69, 9.17) is 9.47 Å². The van der Waals surface area contributed by atoms with Gasteiger partial charge >= 0.3 is 0 Å². The molecule has 4 nitrogen and oxygen atoms in total. The SMILES string of the molecule is COc1ccc(C(O)Cc2cc(C)ccc2OC)cn1. The van der Waals surface area contributed by atoms with Crippen LogP contribution in [-0.2, 0) is 6.42 Å². The van der Waals surface area contributed by atoms with Gasteiger partial charge in [-0.2, -0.15) is 0 Å². The number of pyridine rings is 1. The monoisotopic (exact) mass is 273 g/mol. The Bertz CT molecular complexity index is 566. The van der Waals surface area contributed by atoms with Gasteiger partial charge in [0.15, 0.2) is 0 Å². The maximum absolute atomic E-state index is 10.3. The fourth-order valence-electron chi connectivity index (χ4n) is 2.10. The van der Waals surface area contributed by atoms with E-state index in [9.17, 15) is 5.11 Å². The van der Waals surface area contributed by atoms with Gasteiger partial charge in [-0.15, -0.1) is 0 Å². The average molecular weight is 273 g/mol. The molecular formula is C16H19NO3. The zero-order chi connectivity index (χ0) is 14.5. The van der Waals surface area contributed by atoms with Crippen LogP contribution in [-0.4, -0.2) is 24.3 Å². The van der Waals surface area contributed by atoms with Crippen molar-refractivity contribution in [2.45, 2.75) is 19.4 Å². The van der Waals surface area contributed by atoms with Crippen molar-refractivity contribution in [1.82, 2.24) is 4.98 Å². The van der Waals surface area contributed by atoms with E-state index in [0.29, 0.717) is 12.3 Å². The summed E-state index contributed by atoms with van der Waals surface area (Å²) < 4.78 is 10.3. The molecule has 0 radical (unpaired) electrons. The normalized spacial score (nSPS) is 12.0. The van der Waals surface area contributed by atoms with E-state index < -0.39 is 6.10 Å². The van der Waals surface area contributed by atoms with Crippen LogP contribution in [0.25, 0.3) is 0 Å². The largest absolute Gasteiger partial charge is 0.496 e. The minimum Gasteiger partial charge on any atom is -0.496 e. The smallest absolute Gasteiger partial charge is 0.212 e. The predicted molar refractivity (Wildman–Crippen MR) is 77.2 cm³/mol. The molecule has 0 spiro atoms. The summed E-state index contributed by atoms with van der Waals surface area (Å²) in [6.07, 6.45) is 1.49. The Morgan fingerprint density at radius 1 is 1.15 bits per heavy atom. The van der Waals surface area contributed by atoms with E-state index in [2.05, 4.69) is 4.98 Å². The van der Waals surface area contributed by atoms with Crippen molar-refractivity contribution < 1.29 is 14.6 Å². The molecule has 0 amide bonds. The third kappa shape index (κ3) is 3.27. The van der Waals surface area contributed by atoms with Crippen molar-refractivity contribution in [3.63, 3.8) is 0 Å². The van der Waals surface area contributed by atoms with Crippen LogP contribution in [0.4, 0.5) is 0 Å². The molecule has 0 bridgehead atoms. The van der Waals surface area contributed by atoms with E-state index in [1.165, 1.54) is 0 Å². The second-order valence-electron chi connectivity index (χ2n) is 4.67. The average Bonchev–Trinajstić information content (AvgIpc) is 2.47. The lowest BCUT2D eigenvalue weighted by molar-refractivity contribution is 0.176. The van der Waals surface area contributed by atoms with E-state index in [-0.39, 0.29) is 0 Å². The molecule has 0 aliphatic rings. The molecule has 0 saturated carbocycles. The molecule has 0 fully saturated rings. The van der Waals surface area contributed by atoms with Gasteiger partial charge in [0.1, 0.15) is 5.75 Å². The minimum atomic E-state index is -0.621. The highest BCUT2D eigenvalue weighted by Gasteiger charge is 2.13. The number of ether oxygens (including phenoxy) is 2. The number of hydrogen-bond donors (Lipinski definition) is 1. The molecule has 2 aromatic rings. The molecule has 1 N–H and O–H groups in total. The number of rotatable bonds is 5. The van der Waals surface area contributed by atoms with E-state index in [1.807, 2.05) is 31.2 Å². The van der Waals surface area contributed by atoms with Gasteiger partial charge in [0, 0.05) is 18.7 Å². The molecule has 4 heteroatoms. The quantitative estimate of drug-likeness (QED) is 0.910. The molecule has 0 aliphatic heterocycles. The number of hydrogen-bond acceptors (Lipinski definition) is 4. The molecule has 1 aromatic heterocycles. The van der Waals surface area contributed by atoms with Crippen LogP contribution in [0.5, 0.6) is 11.6 Å². The first-order valence-electron chi connectivity index (χ1n) is 6.45. The third-order valence-corrected chi connectivity index (χ3v) is 3.20. The summed E-state index contributed by atoms with van der Waals surface area (Å²) in [5.74, 6) is 1.32. The van der Waals surface area contributed by atoms with Crippen molar-refractivity contribution in [2.75, 3.05) is 14.2 Å². The molecule has 0 aliphatic carbocycles. The number of aryl methyl sites for hydroxylation is 1. The molecule has 0 saturated heterocycles. The minimum absolute atomic E-state index is 0.485. The van der Waals surface area contributed by atoms with Crippen LogP contribution >= 0.6 is 0 Å². The van der Waals surface area contributed by atoms with Crippen LogP contribution in [0.3, 0.4) is 0 Å². The van der Waals surface area contributed by atoms with Gasteiger partial charge in [-0.25, -0.2) is 4.98 Å². The summed E-state index contributed by atoms with van der Waals surface area (Å²) in [5, 5.41) is 10.3. The van der Waals surface area contributed by atoms with E-state index >= 15 is 0 Å². The molecule has 1 unspecified atom stereocenters. The number of aliphatic hydroxyl groups is 1. The molecule has 20 heavy (non-hydrogen) atoms. The lowest BCUT2D eigenvalue weighted by Gasteiger charge is -2.14. The van der Waals surface area contributed by atoms with Gasteiger partial charge in [-0.05, 0) is 30.2 Å². The number of benzene rings is 1. The lowest BCUT2D eigenvalue weighted by atomic mass is 10.0. The zero-order valence-corrected chi connectivity index (χ0v) is 12.0. The molecule has 1 aromatic carbocycles. The first-order valence-corrected chi connectivity index (χ1v) is 6.45. The van der Waals surface area contributed by atoms with Crippen LogP contribution in [0.15, 0.2) is 36.5 Å². The summed E-state index contributed by atoms with van der Waals surface area (Å²) in [7, 11) is 3.20. The Kier molecular flexibility index (Phi) is 4.58. The zero-order valence-electron chi connectivity index (χ0n) is 12.0. The third-order valence-electron chi connectivity index (χ3n) is 3.20. The number of methoxy groups -OCH3 is 2. The van der Waals surface area contributed by atoms with Crippen LogP contribution < -0.4 is 9.47 Å². The fourth-order valence-corrected chi connectivity index (χ4v) is 2.10. The fraction of sp³-hybridized carbons (Fsp3) is 0.312. The van der Waals surface area contributed by atoms with Crippen LogP contribution in [0.2, 0.25) is 0 Å². The first-order chi connectivity index (χ1) is 9.63. The van der Waals surface area contributed by atoms with Gasteiger partial charge < -0.3 is 14.6 Å². The van der Waals surface area contributed by atoms with Crippen molar-refractivity contribution >= 4 is 0 Å². The van der Waals surface area contributed by atoms with Crippen LogP contribution in [0.1, 0.15) is 22.8 Å². The van der Waals surface area contributed by atoms with Gasteiger partial charge in [-0.3, -0.25) is 0 Å². The Hall–Kier alpha value is -2.07. The van der Waals surface area contributed by atoms with E-state index in [1.54, 1.807) is 26.5 Å². The van der Waals surface area contributed by atoms with Crippen LogP contribution in [0, 0.1) is 6.92 Å². The molecular weight excluding hydrogens is 254 g/mol. The molecule has 106 valence electrons. The number of aliphatic hydroxyl groups excluding tert-OH is 1. The van der Waals surface area contributed by atoms with Gasteiger partial charge in [-0.1, -0.05) is 17.7 Å². The highest BCUT2D eigenvalue weighted by molar-refractivity contribution is 5.38. The summed E-state index contributed by atoms with van der Waals surface area (Å²) in [6, 6.07) is 9.50. The van der Waals surface area contributed by atoms with Crippen molar-refractivity contribution in [1.29, 1.82) is 0 Å². The van der Waals surface area contributed by atoms with Gasteiger partial charge in [0.2, 0.25) is 5.88 Å². The predicted octanol–water partition coefficient (Wildman–Crippen LogP) is 2.68. The topological polar surface area (TPSA) is 51.6 Å². The Labute approximate surface area is 119 Å². The Morgan fingerprint density at radius 2 is 1.95 bits per heavy atom. The Morgan fingerprint density at radius 3 is 2.55 bits per heavy atom. The summed E-state index contributed by atoms with van der Waals surface area (Å²) in [4.78, 5) is 4.11. The maximum atomic E-state index is 10.3. The number of aromatic nitrogens is 1. The molecule has 1 atom stereocenters.